The highest BCUT2D eigenvalue weighted by Crippen LogP contribution is 2.27. The molecule has 154 valence electrons. The minimum absolute atomic E-state index is 0.0554. The zero-order chi connectivity index (χ0) is 21.5. The van der Waals surface area contributed by atoms with Gasteiger partial charge in [0.25, 0.3) is 5.91 Å². The Labute approximate surface area is 185 Å². The van der Waals surface area contributed by atoms with Gasteiger partial charge < -0.3 is 14.6 Å². The molecule has 3 aromatic rings. The number of nitrogens with zero attached hydrogens (tertiary/aromatic N) is 2. The summed E-state index contributed by atoms with van der Waals surface area (Å²) in [5.74, 6) is -0.397. The highest BCUT2D eigenvalue weighted by molar-refractivity contribution is 6.35. The van der Waals surface area contributed by atoms with Gasteiger partial charge in [0.2, 0.25) is 0 Å². The molecule has 0 aliphatic heterocycles. The summed E-state index contributed by atoms with van der Waals surface area (Å²) in [5, 5.41) is 14.4. The van der Waals surface area contributed by atoms with E-state index in [1.54, 1.807) is 25.3 Å². The SMILES string of the molecule is COCCCNC(=O)/C(C#N)=C/c1cn(Cc2ccc(Cl)cc2Cl)c2ccccc12. The van der Waals surface area contributed by atoms with E-state index in [1.807, 2.05) is 47.2 Å². The third-order valence-corrected chi connectivity index (χ3v) is 5.24. The van der Waals surface area contributed by atoms with Crippen molar-refractivity contribution in [2.24, 2.45) is 0 Å². The average Bonchev–Trinajstić information content (AvgIpc) is 3.08. The molecule has 3 rings (SSSR count). The van der Waals surface area contributed by atoms with E-state index < -0.39 is 5.91 Å². The van der Waals surface area contributed by atoms with Crippen molar-refractivity contribution in [3.05, 3.63) is 75.4 Å². The lowest BCUT2D eigenvalue weighted by Gasteiger charge is -2.08. The van der Waals surface area contributed by atoms with E-state index in [4.69, 9.17) is 27.9 Å². The van der Waals surface area contributed by atoms with Gasteiger partial charge in [-0.1, -0.05) is 47.5 Å². The Morgan fingerprint density at radius 3 is 2.80 bits per heavy atom. The van der Waals surface area contributed by atoms with Crippen molar-refractivity contribution < 1.29 is 9.53 Å². The Morgan fingerprint density at radius 2 is 2.07 bits per heavy atom. The van der Waals surface area contributed by atoms with Crippen LogP contribution in [0.15, 0.2) is 54.2 Å². The first-order chi connectivity index (χ1) is 14.5. The second-order valence-corrected chi connectivity index (χ2v) is 7.58. The van der Waals surface area contributed by atoms with E-state index in [-0.39, 0.29) is 5.57 Å². The van der Waals surface area contributed by atoms with Crippen LogP contribution >= 0.6 is 23.2 Å². The molecule has 0 spiro atoms. The predicted molar refractivity (Wildman–Crippen MR) is 121 cm³/mol. The van der Waals surface area contributed by atoms with Crippen LogP contribution in [0.4, 0.5) is 0 Å². The molecule has 0 aliphatic rings. The van der Waals surface area contributed by atoms with Crippen LogP contribution in [0.25, 0.3) is 17.0 Å². The fraction of sp³-hybridized carbons (Fsp3) is 0.217. The van der Waals surface area contributed by atoms with Crippen LogP contribution < -0.4 is 5.32 Å². The number of aromatic nitrogens is 1. The lowest BCUT2D eigenvalue weighted by molar-refractivity contribution is -0.117. The number of carbonyl (C=O) groups is 1. The second kappa shape index (κ2) is 10.3. The van der Waals surface area contributed by atoms with Crippen molar-refractivity contribution in [2.45, 2.75) is 13.0 Å². The van der Waals surface area contributed by atoms with Gasteiger partial charge in [0.15, 0.2) is 0 Å². The Morgan fingerprint density at radius 1 is 1.27 bits per heavy atom. The maximum Gasteiger partial charge on any atom is 0.261 e. The van der Waals surface area contributed by atoms with Crippen LogP contribution in [0.3, 0.4) is 0 Å². The Kier molecular flexibility index (Phi) is 7.53. The minimum atomic E-state index is -0.397. The molecule has 0 aliphatic carbocycles. The molecule has 7 heteroatoms. The first kappa shape index (κ1) is 21.9. The molecule has 5 nitrogen and oxygen atoms in total. The van der Waals surface area contributed by atoms with Gasteiger partial charge in [-0.3, -0.25) is 4.79 Å². The van der Waals surface area contributed by atoms with E-state index in [0.29, 0.717) is 36.2 Å². The van der Waals surface area contributed by atoms with Crippen molar-refractivity contribution in [1.29, 1.82) is 5.26 Å². The van der Waals surface area contributed by atoms with E-state index in [9.17, 15) is 10.1 Å². The summed E-state index contributed by atoms with van der Waals surface area (Å²) in [5.41, 5.74) is 2.75. The number of carbonyl (C=O) groups excluding carboxylic acids is 1. The number of para-hydroxylation sites is 1. The summed E-state index contributed by atoms with van der Waals surface area (Å²) in [6.45, 7) is 1.53. The summed E-state index contributed by atoms with van der Waals surface area (Å²) in [4.78, 5) is 12.4. The van der Waals surface area contributed by atoms with Crippen LogP contribution in [0.2, 0.25) is 10.0 Å². The lowest BCUT2D eigenvalue weighted by atomic mass is 10.1. The third-order valence-electron chi connectivity index (χ3n) is 4.65. The minimum Gasteiger partial charge on any atom is -0.385 e. The van der Waals surface area contributed by atoms with Crippen LogP contribution in [-0.4, -0.2) is 30.7 Å². The third kappa shape index (κ3) is 5.22. The van der Waals surface area contributed by atoms with Crippen molar-refractivity contribution >= 4 is 46.1 Å². The summed E-state index contributed by atoms with van der Waals surface area (Å²) in [6.07, 6.45) is 4.22. The summed E-state index contributed by atoms with van der Waals surface area (Å²) in [7, 11) is 1.61. The fourth-order valence-electron chi connectivity index (χ4n) is 3.17. The van der Waals surface area contributed by atoms with Gasteiger partial charge in [-0.25, -0.2) is 0 Å². The van der Waals surface area contributed by atoms with E-state index >= 15 is 0 Å². The lowest BCUT2D eigenvalue weighted by Crippen LogP contribution is -2.26. The van der Waals surface area contributed by atoms with Crippen LogP contribution in [0.1, 0.15) is 17.5 Å². The van der Waals surface area contributed by atoms with E-state index in [2.05, 4.69) is 5.32 Å². The molecule has 1 amide bonds. The van der Waals surface area contributed by atoms with Gasteiger partial charge in [-0.05, 0) is 36.3 Å². The second-order valence-electron chi connectivity index (χ2n) is 6.74. The molecule has 0 unspecified atom stereocenters. The number of fused-ring (bicyclic) bond motifs is 1. The maximum atomic E-state index is 12.4. The van der Waals surface area contributed by atoms with Gasteiger partial charge in [0.1, 0.15) is 11.6 Å². The molecular weight excluding hydrogens is 421 g/mol. The molecule has 1 aromatic heterocycles. The number of halogens is 2. The molecule has 0 atom stereocenters. The number of methoxy groups -OCH3 is 1. The maximum absolute atomic E-state index is 12.4. The van der Waals surface area contributed by atoms with Gasteiger partial charge in [-0.15, -0.1) is 0 Å². The highest BCUT2D eigenvalue weighted by Gasteiger charge is 2.13. The standard InChI is InChI=1S/C23H21Cl2N3O2/c1-30-10-4-9-27-23(29)17(13-26)11-18-15-28(22-6-3-2-5-20(18)22)14-16-7-8-19(24)12-21(16)25/h2-3,5-8,11-12,15H,4,9-10,14H2,1H3,(H,27,29)/b17-11+. The first-order valence-corrected chi connectivity index (χ1v) is 10.2. The number of hydrogen-bond donors (Lipinski definition) is 1. The number of benzene rings is 2. The molecule has 30 heavy (non-hydrogen) atoms. The predicted octanol–water partition coefficient (Wildman–Crippen LogP) is 5.06. The number of hydrogen-bond acceptors (Lipinski definition) is 3. The largest absolute Gasteiger partial charge is 0.385 e. The monoisotopic (exact) mass is 441 g/mol. The van der Waals surface area contributed by atoms with Gasteiger partial charge in [0.05, 0.1) is 0 Å². The molecule has 1 heterocycles. The Balaban J connectivity index is 1.91. The Bertz CT molecular complexity index is 1130. The Hall–Kier alpha value is -2.78. The molecule has 2 aromatic carbocycles. The van der Waals surface area contributed by atoms with Crippen molar-refractivity contribution in [1.82, 2.24) is 9.88 Å². The molecule has 1 N–H and O–H groups in total. The molecular formula is C23H21Cl2N3O2. The zero-order valence-corrected chi connectivity index (χ0v) is 18.0. The molecule has 0 saturated heterocycles. The zero-order valence-electron chi connectivity index (χ0n) is 16.5. The molecule has 0 saturated carbocycles. The van der Waals surface area contributed by atoms with Crippen molar-refractivity contribution in [3.63, 3.8) is 0 Å². The summed E-state index contributed by atoms with van der Waals surface area (Å²) < 4.78 is 7.01. The van der Waals surface area contributed by atoms with Gasteiger partial charge >= 0.3 is 0 Å². The quantitative estimate of drug-likeness (QED) is 0.301. The topological polar surface area (TPSA) is 67.0 Å². The number of ether oxygens (including phenoxy) is 1. The number of amides is 1. The highest BCUT2D eigenvalue weighted by atomic mass is 35.5. The van der Waals surface area contributed by atoms with E-state index in [1.165, 1.54) is 0 Å². The van der Waals surface area contributed by atoms with Gasteiger partial charge in [-0.2, -0.15) is 5.26 Å². The van der Waals surface area contributed by atoms with E-state index in [0.717, 1.165) is 22.0 Å². The number of rotatable bonds is 8. The van der Waals surface area contributed by atoms with Crippen molar-refractivity contribution in [3.8, 4) is 6.07 Å². The summed E-state index contributed by atoms with van der Waals surface area (Å²) >= 11 is 12.3. The number of nitriles is 1. The molecule has 0 fully saturated rings. The smallest absolute Gasteiger partial charge is 0.261 e. The van der Waals surface area contributed by atoms with Crippen LogP contribution in [0.5, 0.6) is 0 Å². The van der Waals surface area contributed by atoms with Crippen LogP contribution in [-0.2, 0) is 16.1 Å². The molecule has 0 bridgehead atoms. The fourth-order valence-corrected chi connectivity index (χ4v) is 3.64. The number of nitrogens with one attached hydrogen (secondary N) is 1. The first-order valence-electron chi connectivity index (χ1n) is 9.44. The van der Waals surface area contributed by atoms with Crippen LogP contribution in [0, 0.1) is 11.3 Å². The normalized spacial score (nSPS) is 11.5. The van der Waals surface area contributed by atoms with Gasteiger partial charge in [0, 0.05) is 59.5 Å². The summed E-state index contributed by atoms with van der Waals surface area (Å²) in [6, 6.07) is 15.2. The molecule has 0 radical (unpaired) electrons. The average molecular weight is 442 g/mol. The van der Waals surface area contributed by atoms with Crippen molar-refractivity contribution in [2.75, 3.05) is 20.3 Å².